The lowest BCUT2D eigenvalue weighted by atomic mass is 10.2. The minimum absolute atomic E-state index is 0.237. The Balaban J connectivity index is 1.78. The fourth-order valence-corrected chi connectivity index (χ4v) is 2.23. The van der Waals surface area contributed by atoms with Gasteiger partial charge in [0.1, 0.15) is 6.61 Å². The minimum atomic E-state index is -0.333. The highest BCUT2D eigenvalue weighted by molar-refractivity contribution is 6.17. The first-order chi connectivity index (χ1) is 12.3. The fourth-order valence-electron chi connectivity index (χ4n) is 2.04. The first-order valence-electron chi connectivity index (χ1n) is 8.86. The Morgan fingerprint density at radius 2 is 1.28 bits per heavy atom. The molecule has 142 valence electrons. The second kappa shape index (κ2) is 16.3. The second-order valence-corrected chi connectivity index (χ2v) is 5.82. The highest BCUT2D eigenvalue weighted by Crippen LogP contribution is 2.01. The standard InChI is InChI=1S/C19H29ClO5/c20-10-6-1-2-7-11-22-12-13-23-14-15-24-16-17-25-19(21)18-8-4-3-5-9-18/h3-5,8-9H,1-2,6-7,10-17H2. The van der Waals surface area contributed by atoms with E-state index < -0.39 is 0 Å². The quantitative estimate of drug-likeness (QED) is 0.251. The van der Waals surface area contributed by atoms with Crippen LogP contribution in [0.2, 0.25) is 0 Å². The van der Waals surface area contributed by atoms with E-state index in [9.17, 15) is 4.79 Å². The van der Waals surface area contributed by atoms with Gasteiger partial charge < -0.3 is 18.9 Å². The van der Waals surface area contributed by atoms with Crippen LogP contribution in [0.3, 0.4) is 0 Å². The molecule has 1 aromatic carbocycles. The van der Waals surface area contributed by atoms with Crippen LogP contribution >= 0.6 is 11.6 Å². The van der Waals surface area contributed by atoms with Gasteiger partial charge in [0.25, 0.3) is 0 Å². The van der Waals surface area contributed by atoms with Crippen molar-refractivity contribution < 1.29 is 23.7 Å². The molecule has 1 rings (SSSR count). The molecule has 0 aliphatic carbocycles. The van der Waals surface area contributed by atoms with Crippen molar-refractivity contribution >= 4 is 17.6 Å². The smallest absolute Gasteiger partial charge is 0.338 e. The van der Waals surface area contributed by atoms with Crippen molar-refractivity contribution in [3.05, 3.63) is 35.9 Å². The summed E-state index contributed by atoms with van der Waals surface area (Å²) in [5.74, 6) is 0.409. The number of alkyl halides is 1. The molecule has 0 fully saturated rings. The summed E-state index contributed by atoms with van der Waals surface area (Å²) in [6, 6.07) is 8.90. The average Bonchev–Trinajstić information content (AvgIpc) is 2.65. The van der Waals surface area contributed by atoms with Crippen molar-refractivity contribution in [3.8, 4) is 0 Å². The normalized spacial score (nSPS) is 10.8. The SMILES string of the molecule is O=C(OCCOCCOCCOCCCCCCCl)c1ccccc1. The molecule has 25 heavy (non-hydrogen) atoms. The van der Waals surface area contributed by atoms with Gasteiger partial charge in [-0.1, -0.05) is 31.0 Å². The number of halogens is 1. The molecule has 0 spiro atoms. The Bertz CT molecular complexity index is 427. The molecular weight excluding hydrogens is 344 g/mol. The van der Waals surface area contributed by atoms with Crippen LogP contribution in [0.5, 0.6) is 0 Å². The van der Waals surface area contributed by atoms with Gasteiger partial charge >= 0.3 is 5.97 Å². The Morgan fingerprint density at radius 1 is 0.720 bits per heavy atom. The summed E-state index contributed by atoms with van der Waals surface area (Å²) < 4.78 is 21.3. The first-order valence-corrected chi connectivity index (χ1v) is 9.39. The van der Waals surface area contributed by atoms with Gasteiger partial charge in [-0.15, -0.1) is 11.6 Å². The molecule has 5 nitrogen and oxygen atoms in total. The third-order valence-electron chi connectivity index (χ3n) is 3.39. The van der Waals surface area contributed by atoms with Gasteiger partial charge in [-0.25, -0.2) is 4.79 Å². The molecule has 0 saturated heterocycles. The van der Waals surface area contributed by atoms with Crippen LogP contribution in [0.25, 0.3) is 0 Å². The minimum Gasteiger partial charge on any atom is -0.460 e. The Hall–Kier alpha value is -1.14. The summed E-state index contributed by atoms with van der Waals surface area (Å²) in [5, 5.41) is 0. The number of unbranched alkanes of at least 4 members (excludes halogenated alkanes) is 3. The summed E-state index contributed by atoms with van der Waals surface area (Å²) in [5.41, 5.74) is 0.546. The molecule has 0 N–H and O–H groups in total. The summed E-state index contributed by atoms with van der Waals surface area (Å²) in [7, 11) is 0. The van der Waals surface area contributed by atoms with Gasteiger partial charge in [0.2, 0.25) is 0 Å². The van der Waals surface area contributed by atoms with Crippen molar-refractivity contribution in [3.63, 3.8) is 0 Å². The van der Waals surface area contributed by atoms with Crippen LogP contribution in [0.4, 0.5) is 0 Å². The number of rotatable bonds is 16. The molecule has 0 radical (unpaired) electrons. The van der Waals surface area contributed by atoms with Crippen molar-refractivity contribution in [1.29, 1.82) is 0 Å². The van der Waals surface area contributed by atoms with Gasteiger partial charge in [0.05, 0.1) is 38.6 Å². The Morgan fingerprint density at radius 3 is 1.92 bits per heavy atom. The molecule has 0 aliphatic rings. The zero-order valence-corrected chi connectivity index (χ0v) is 15.5. The third kappa shape index (κ3) is 12.8. The van der Waals surface area contributed by atoms with Crippen molar-refractivity contribution in [1.82, 2.24) is 0 Å². The van der Waals surface area contributed by atoms with Crippen molar-refractivity contribution in [2.75, 3.05) is 52.1 Å². The number of ether oxygens (including phenoxy) is 4. The molecule has 0 atom stereocenters. The van der Waals surface area contributed by atoms with E-state index in [2.05, 4.69) is 0 Å². The largest absolute Gasteiger partial charge is 0.460 e. The molecular formula is C19H29ClO5. The van der Waals surface area contributed by atoms with Gasteiger partial charge in [0.15, 0.2) is 0 Å². The van der Waals surface area contributed by atoms with E-state index in [0.29, 0.717) is 38.6 Å². The number of hydrogen-bond donors (Lipinski definition) is 0. The van der Waals surface area contributed by atoms with E-state index in [1.807, 2.05) is 6.07 Å². The molecule has 0 saturated carbocycles. The summed E-state index contributed by atoms with van der Waals surface area (Å²) in [6.07, 6.45) is 4.48. The number of carbonyl (C=O) groups excluding carboxylic acids is 1. The second-order valence-electron chi connectivity index (χ2n) is 5.44. The van der Waals surface area contributed by atoms with E-state index in [0.717, 1.165) is 31.7 Å². The van der Waals surface area contributed by atoms with Gasteiger partial charge in [0, 0.05) is 12.5 Å². The van der Waals surface area contributed by atoms with Gasteiger partial charge in [-0.05, 0) is 25.0 Å². The van der Waals surface area contributed by atoms with Crippen LogP contribution in [-0.2, 0) is 18.9 Å². The first kappa shape index (κ1) is 21.9. The molecule has 0 unspecified atom stereocenters. The van der Waals surface area contributed by atoms with Crippen LogP contribution < -0.4 is 0 Å². The average molecular weight is 373 g/mol. The number of carbonyl (C=O) groups is 1. The lowest BCUT2D eigenvalue weighted by Gasteiger charge is -2.07. The molecule has 0 bridgehead atoms. The van der Waals surface area contributed by atoms with Gasteiger partial charge in [-0.3, -0.25) is 0 Å². The monoisotopic (exact) mass is 372 g/mol. The summed E-state index contributed by atoms with van der Waals surface area (Å²) in [4.78, 5) is 11.7. The van der Waals surface area contributed by atoms with Crippen molar-refractivity contribution in [2.45, 2.75) is 25.7 Å². The Kier molecular flexibility index (Phi) is 14.3. The molecule has 0 aliphatic heterocycles. The van der Waals surface area contributed by atoms with Crippen LogP contribution in [0, 0.1) is 0 Å². The predicted molar refractivity (Wildman–Crippen MR) is 98.4 cm³/mol. The fraction of sp³-hybridized carbons (Fsp3) is 0.632. The number of esters is 1. The lowest BCUT2D eigenvalue weighted by molar-refractivity contribution is 0.000191. The van der Waals surface area contributed by atoms with E-state index in [-0.39, 0.29) is 12.6 Å². The maximum absolute atomic E-state index is 11.7. The highest BCUT2D eigenvalue weighted by atomic mass is 35.5. The zero-order chi connectivity index (χ0) is 18.0. The highest BCUT2D eigenvalue weighted by Gasteiger charge is 2.04. The number of benzene rings is 1. The molecule has 0 amide bonds. The van der Waals surface area contributed by atoms with E-state index in [4.69, 9.17) is 30.5 Å². The predicted octanol–water partition coefficient (Wildman–Crippen LogP) is 3.69. The maximum Gasteiger partial charge on any atom is 0.338 e. The van der Waals surface area contributed by atoms with Crippen LogP contribution in [0.1, 0.15) is 36.0 Å². The summed E-state index contributed by atoms with van der Waals surface area (Å²) >= 11 is 5.61. The lowest BCUT2D eigenvalue weighted by Crippen LogP contribution is -2.14. The zero-order valence-electron chi connectivity index (χ0n) is 14.8. The molecule has 6 heteroatoms. The van der Waals surface area contributed by atoms with E-state index in [1.54, 1.807) is 24.3 Å². The van der Waals surface area contributed by atoms with E-state index >= 15 is 0 Å². The Labute approximate surface area is 155 Å². The third-order valence-corrected chi connectivity index (χ3v) is 3.65. The topological polar surface area (TPSA) is 54.0 Å². The maximum atomic E-state index is 11.7. The molecule has 1 aromatic rings. The van der Waals surface area contributed by atoms with Gasteiger partial charge in [-0.2, -0.15) is 0 Å². The van der Waals surface area contributed by atoms with Crippen LogP contribution in [0.15, 0.2) is 30.3 Å². The summed E-state index contributed by atoms with van der Waals surface area (Å²) in [6.45, 7) is 3.52. The van der Waals surface area contributed by atoms with Crippen molar-refractivity contribution in [2.24, 2.45) is 0 Å². The number of hydrogen-bond acceptors (Lipinski definition) is 5. The van der Waals surface area contributed by atoms with Crippen LogP contribution in [-0.4, -0.2) is 58.1 Å². The molecule has 0 aromatic heterocycles. The molecule has 0 heterocycles. The van der Waals surface area contributed by atoms with E-state index in [1.165, 1.54) is 6.42 Å².